The molecule has 1 N–H and O–H groups in total. The second-order valence-electron chi connectivity index (χ2n) is 5.33. The summed E-state index contributed by atoms with van der Waals surface area (Å²) >= 11 is 1.52. The number of hydrogen-bond donors (Lipinski definition) is 1. The lowest BCUT2D eigenvalue weighted by Gasteiger charge is -2.30. The van der Waals surface area contributed by atoms with Crippen molar-refractivity contribution in [2.24, 2.45) is 11.8 Å². The molecule has 1 aliphatic carbocycles. The Morgan fingerprint density at radius 2 is 2.06 bits per heavy atom. The minimum absolute atomic E-state index is 0.0577. The Hall–Kier alpha value is -0.910. The van der Waals surface area contributed by atoms with Crippen LogP contribution < -0.4 is 0 Å². The Morgan fingerprint density at radius 3 is 2.56 bits per heavy atom. The average molecular weight is 272 g/mol. The zero-order valence-corrected chi connectivity index (χ0v) is 11.8. The number of nitrogens with zero attached hydrogens (tertiary/aromatic N) is 2. The van der Waals surface area contributed by atoms with Gasteiger partial charge in [-0.1, -0.05) is 6.92 Å². The summed E-state index contributed by atoms with van der Waals surface area (Å²) in [7, 11) is 1.77. The van der Waals surface area contributed by atoms with E-state index >= 15 is 0 Å². The Morgan fingerprint density at radius 1 is 1.44 bits per heavy atom. The number of rotatable bonds is 3. The van der Waals surface area contributed by atoms with E-state index in [1.54, 1.807) is 11.9 Å². The van der Waals surface area contributed by atoms with Gasteiger partial charge < -0.3 is 10.0 Å². The Kier molecular flexibility index (Phi) is 3.75. The first-order valence-electron chi connectivity index (χ1n) is 6.29. The van der Waals surface area contributed by atoms with E-state index in [-0.39, 0.29) is 11.4 Å². The molecule has 4 atom stereocenters. The predicted molar refractivity (Wildman–Crippen MR) is 70.5 cm³/mol. The highest BCUT2D eigenvalue weighted by Gasteiger charge is 2.42. The van der Waals surface area contributed by atoms with Gasteiger partial charge >= 0.3 is 12.0 Å². The van der Waals surface area contributed by atoms with Crippen LogP contribution in [0.2, 0.25) is 0 Å². The standard InChI is InChI=1S/C12H20N2O3S/c1-7-4-9(7)5-13(3)12(17)14-8(2)18-6-10(14)11(15)16/h7-10H,4-6H2,1-3H3,(H,15,16). The van der Waals surface area contributed by atoms with Crippen LogP contribution in [0.1, 0.15) is 20.3 Å². The summed E-state index contributed by atoms with van der Waals surface area (Å²) in [4.78, 5) is 26.6. The lowest BCUT2D eigenvalue weighted by Crippen LogP contribution is -2.50. The van der Waals surface area contributed by atoms with Crippen LogP contribution in [0.4, 0.5) is 4.79 Å². The highest BCUT2D eigenvalue weighted by molar-refractivity contribution is 8.00. The first-order valence-corrected chi connectivity index (χ1v) is 7.34. The number of urea groups is 1. The summed E-state index contributed by atoms with van der Waals surface area (Å²) in [6.45, 7) is 4.80. The van der Waals surface area contributed by atoms with Crippen LogP contribution in [-0.4, -0.2) is 57.7 Å². The zero-order valence-electron chi connectivity index (χ0n) is 11.0. The second-order valence-corrected chi connectivity index (χ2v) is 6.68. The van der Waals surface area contributed by atoms with E-state index in [2.05, 4.69) is 6.92 Å². The number of carbonyl (C=O) groups is 2. The van der Waals surface area contributed by atoms with Crippen LogP contribution in [-0.2, 0) is 4.79 Å². The Balaban J connectivity index is 1.99. The first-order chi connectivity index (χ1) is 8.41. The summed E-state index contributed by atoms with van der Waals surface area (Å²) in [5, 5.41) is 9.08. The van der Waals surface area contributed by atoms with Crippen molar-refractivity contribution in [1.29, 1.82) is 0 Å². The highest BCUT2D eigenvalue weighted by atomic mass is 32.2. The number of carboxylic acid groups (broad SMARTS) is 1. The quantitative estimate of drug-likeness (QED) is 0.846. The van der Waals surface area contributed by atoms with Crippen LogP contribution in [0.5, 0.6) is 0 Å². The van der Waals surface area contributed by atoms with Gasteiger partial charge in [0.2, 0.25) is 0 Å². The monoisotopic (exact) mass is 272 g/mol. The molecule has 18 heavy (non-hydrogen) atoms. The molecule has 0 aromatic carbocycles. The lowest BCUT2D eigenvalue weighted by molar-refractivity contribution is -0.141. The average Bonchev–Trinajstić information content (AvgIpc) is 2.84. The fourth-order valence-corrected chi connectivity index (χ4v) is 3.57. The van der Waals surface area contributed by atoms with Crippen LogP contribution >= 0.6 is 11.8 Å². The second kappa shape index (κ2) is 4.99. The molecule has 0 spiro atoms. The van der Waals surface area contributed by atoms with E-state index in [1.165, 1.54) is 23.1 Å². The molecule has 2 fully saturated rings. The molecule has 102 valence electrons. The Bertz CT molecular complexity index is 363. The molecule has 0 bridgehead atoms. The van der Waals surface area contributed by atoms with Crippen molar-refractivity contribution in [2.45, 2.75) is 31.7 Å². The van der Waals surface area contributed by atoms with Gasteiger partial charge in [-0.05, 0) is 25.2 Å². The van der Waals surface area contributed by atoms with Gasteiger partial charge in [0.1, 0.15) is 6.04 Å². The molecule has 0 aromatic heterocycles. The first kappa shape index (κ1) is 13.5. The number of thioether (sulfide) groups is 1. The summed E-state index contributed by atoms with van der Waals surface area (Å²) in [6, 6.07) is -0.837. The van der Waals surface area contributed by atoms with Crippen molar-refractivity contribution in [1.82, 2.24) is 9.80 Å². The van der Waals surface area contributed by atoms with Crippen LogP contribution in [0, 0.1) is 11.8 Å². The number of amides is 2. The van der Waals surface area contributed by atoms with Crippen molar-refractivity contribution >= 4 is 23.8 Å². The molecule has 1 aliphatic heterocycles. The third-order valence-electron chi connectivity index (χ3n) is 3.84. The maximum atomic E-state index is 12.3. The third kappa shape index (κ3) is 2.58. The fourth-order valence-electron chi connectivity index (χ4n) is 2.40. The zero-order chi connectivity index (χ0) is 13.4. The molecule has 1 heterocycles. The normalized spacial score (nSPS) is 34.5. The van der Waals surface area contributed by atoms with Gasteiger partial charge in [0.05, 0.1) is 5.37 Å². The van der Waals surface area contributed by atoms with Gasteiger partial charge in [-0.2, -0.15) is 0 Å². The molecule has 4 unspecified atom stereocenters. The summed E-state index contributed by atoms with van der Waals surface area (Å²) in [5.41, 5.74) is 0. The van der Waals surface area contributed by atoms with Crippen molar-refractivity contribution < 1.29 is 14.7 Å². The molecule has 6 heteroatoms. The lowest BCUT2D eigenvalue weighted by atomic mass is 10.3. The van der Waals surface area contributed by atoms with E-state index in [4.69, 9.17) is 5.11 Å². The van der Waals surface area contributed by atoms with Crippen LogP contribution in [0.15, 0.2) is 0 Å². The largest absolute Gasteiger partial charge is 0.480 e. The van der Waals surface area contributed by atoms with Gasteiger partial charge in [-0.15, -0.1) is 11.8 Å². The SMILES string of the molecule is CC1CC1CN(C)C(=O)N1C(C)SCC1C(=O)O. The van der Waals surface area contributed by atoms with Gasteiger partial charge in [0.15, 0.2) is 0 Å². The van der Waals surface area contributed by atoms with E-state index in [0.29, 0.717) is 17.6 Å². The van der Waals surface area contributed by atoms with Gasteiger partial charge in [-0.3, -0.25) is 4.90 Å². The van der Waals surface area contributed by atoms with Gasteiger partial charge in [-0.25, -0.2) is 9.59 Å². The minimum Gasteiger partial charge on any atom is -0.480 e. The van der Waals surface area contributed by atoms with Crippen LogP contribution in [0.3, 0.4) is 0 Å². The minimum atomic E-state index is -0.909. The highest BCUT2D eigenvalue weighted by Crippen LogP contribution is 2.38. The Labute approximate surface area is 112 Å². The van der Waals surface area contributed by atoms with E-state index in [1.807, 2.05) is 6.92 Å². The van der Waals surface area contributed by atoms with Crippen molar-refractivity contribution in [2.75, 3.05) is 19.3 Å². The van der Waals surface area contributed by atoms with Crippen molar-refractivity contribution in [3.63, 3.8) is 0 Å². The van der Waals surface area contributed by atoms with Crippen molar-refractivity contribution in [3.05, 3.63) is 0 Å². The summed E-state index contributed by atoms with van der Waals surface area (Å²) in [6.07, 6.45) is 1.17. The van der Waals surface area contributed by atoms with Gasteiger partial charge in [0.25, 0.3) is 0 Å². The summed E-state index contributed by atoms with van der Waals surface area (Å²) in [5.74, 6) is 0.859. The molecule has 0 radical (unpaired) electrons. The molecule has 2 amide bonds. The van der Waals surface area contributed by atoms with Crippen molar-refractivity contribution in [3.8, 4) is 0 Å². The molecule has 1 saturated heterocycles. The number of hydrogen-bond acceptors (Lipinski definition) is 3. The third-order valence-corrected chi connectivity index (χ3v) is 5.06. The number of carboxylic acids is 1. The maximum absolute atomic E-state index is 12.3. The summed E-state index contributed by atoms with van der Waals surface area (Å²) < 4.78 is 0. The fraction of sp³-hybridized carbons (Fsp3) is 0.833. The van der Waals surface area contributed by atoms with E-state index in [0.717, 1.165) is 6.54 Å². The molecule has 2 rings (SSSR count). The smallest absolute Gasteiger partial charge is 0.327 e. The van der Waals surface area contributed by atoms with E-state index in [9.17, 15) is 9.59 Å². The number of aliphatic carboxylic acids is 1. The molecular formula is C12H20N2O3S. The topological polar surface area (TPSA) is 60.9 Å². The molecule has 5 nitrogen and oxygen atoms in total. The van der Waals surface area contributed by atoms with Crippen LogP contribution in [0.25, 0.3) is 0 Å². The molecule has 2 aliphatic rings. The van der Waals surface area contributed by atoms with Gasteiger partial charge in [0, 0.05) is 19.3 Å². The predicted octanol–water partition coefficient (Wildman–Crippen LogP) is 1.54. The number of carbonyl (C=O) groups excluding carboxylic acids is 1. The molecule has 1 saturated carbocycles. The molecular weight excluding hydrogens is 252 g/mol. The molecule has 0 aromatic rings. The van der Waals surface area contributed by atoms with E-state index < -0.39 is 12.0 Å². The maximum Gasteiger partial charge on any atom is 0.327 e.